The van der Waals surface area contributed by atoms with Crippen LogP contribution in [0.3, 0.4) is 0 Å². The minimum absolute atomic E-state index is 0.406. The Morgan fingerprint density at radius 1 is 1.30 bits per heavy atom. The van der Waals surface area contributed by atoms with E-state index in [-0.39, 0.29) is 0 Å². The van der Waals surface area contributed by atoms with Gasteiger partial charge in [-0.1, -0.05) is 42.5 Å². The van der Waals surface area contributed by atoms with Crippen molar-refractivity contribution in [2.24, 2.45) is 4.99 Å². The van der Waals surface area contributed by atoms with Crippen molar-refractivity contribution in [2.75, 3.05) is 13.6 Å². The summed E-state index contributed by atoms with van der Waals surface area (Å²) in [6, 6.07) is 11.0. The van der Waals surface area contributed by atoms with Crippen molar-refractivity contribution >= 4 is 5.96 Å². The molecule has 2 N–H and O–H groups in total. The lowest BCUT2D eigenvalue weighted by Gasteiger charge is -2.17. The highest BCUT2D eigenvalue weighted by molar-refractivity contribution is 5.79. The van der Waals surface area contributed by atoms with Crippen LogP contribution < -0.4 is 10.6 Å². The molecule has 0 saturated heterocycles. The molecule has 1 atom stereocenters. The molecular formula is C17H27N3. The van der Waals surface area contributed by atoms with Crippen molar-refractivity contribution in [3.05, 3.63) is 48.0 Å². The first-order valence-corrected chi connectivity index (χ1v) is 7.38. The maximum atomic E-state index is 4.25. The van der Waals surface area contributed by atoms with Crippen molar-refractivity contribution in [1.29, 1.82) is 0 Å². The Hall–Kier alpha value is -1.77. The summed E-state index contributed by atoms with van der Waals surface area (Å²) in [5, 5.41) is 6.75. The van der Waals surface area contributed by atoms with E-state index in [9.17, 15) is 0 Å². The molecule has 3 nitrogen and oxygen atoms in total. The molecule has 1 rings (SSSR count). The number of hydrogen-bond acceptors (Lipinski definition) is 1. The number of benzene rings is 1. The van der Waals surface area contributed by atoms with E-state index in [0.717, 1.165) is 31.8 Å². The Kier molecular flexibility index (Phi) is 8.20. The summed E-state index contributed by atoms with van der Waals surface area (Å²) in [5.74, 6) is 0.884. The Morgan fingerprint density at radius 3 is 2.70 bits per heavy atom. The number of rotatable bonds is 7. The lowest BCUT2D eigenvalue weighted by molar-refractivity contribution is 0.593. The summed E-state index contributed by atoms with van der Waals surface area (Å²) in [7, 11) is 1.81. The number of nitrogens with zero attached hydrogens (tertiary/aromatic N) is 1. The first-order valence-electron chi connectivity index (χ1n) is 7.38. The molecule has 0 aromatic heterocycles. The van der Waals surface area contributed by atoms with Crippen molar-refractivity contribution in [1.82, 2.24) is 10.6 Å². The van der Waals surface area contributed by atoms with Gasteiger partial charge in [0.1, 0.15) is 0 Å². The van der Waals surface area contributed by atoms with Gasteiger partial charge in [-0.3, -0.25) is 4.99 Å². The predicted molar refractivity (Wildman–Crippen MR) is 88.2 cm³/mol. The van der Waals surface area contributed by atoms with Gasteiger partial charge in [0, 0.05) is 19.6 Å². The number of aryl methyl sites for hydroxylation is 1. The summed E-state index contributed by atoms with van der Waals surface area (Å²) < 4.78 is 0. The Morgan fingerprint density at radius 2 is 2.05 bits per heavy atom. The summed E-state index contributed by atoms with van der Waals surface area (Å²) in [6.07, 6.45) is 7.43. The average Bonchev–Trinajstić information content (AvgIpc) is 2.49. The zero-order valence-electron chi connectivity index (χ0n) is 12.9. The topological polar surface area (TPSA) is 36.4 Å². The van der Waals surface area contributed by atoms with Crippen LogP contribution in [0.1, 0.15) is 32.3 Å². The lowest BCUT2D eigenvalue weighted by Crippen LogP contribution is -2.42. The quantitative estimate of drug-likeness (QED) is 0.346. The van der Waals surface area contributed by atoms with Gasteiger partial charge in [0.05, 0.1) is 0 Å². The molecule has 0 saturated carbocycles. The number of allylic oxidation sites excluding steroid dienone is 1. The molecule has 0 aliphatic heterocycles. The smallest absolute Gasteiger partial charge is 0.191 e. The third-order valence-electron chi connectivity index (χ3n) is 3.15. The second-order valence-electron chi connectivity index (χ2n) is 4.93. The maximum absolute atomic E-state index is 4.25. The third-order valence-corrected chi connectivity index (χ3v) is 3.15. The van der Waals surface area contributed by atoms with Gasteiger partial charge in [-0.05, 0) is 38.7 Å². The molecule has 0 bridgehead atoms. The van der Waals surface area contributed by atoms with Crippen LogP contribution in [0.2, 0.25) is 0 Å². The summed E-state index contributed by atoms with van der Waals surface area (Å²) in [6.45, 7) is 5.15. The first-order chi connectivity index (χ1) is 9.76. The van der Waals surface area contributed by atoms with Crippen LogP contribution in [0.5, 0.6) is 0 Å². The van der Waals surface area contributed by atoms with Crippen molar-refractivity contribution in [3.63, 3.8) is 0 Å². The Labute approximate surface area is 123 Å². The molecule has 110 valence electrons. The van der Waals surface area contributed by atoms with Crippen molar-refractivity contribution < 1.29 is 0 Å². The van der Waals surface area contributed by atoms with Crippen LogP contribution >= 0.6 is 0 Å². The van der Waals surface area contributed by atoms with E-state index in [4.69, 9.17) is 0 Å². The SMILES string of the molecule is C/C=C/CCNC(=NC)NC(C)CCc1ccccc1. The molecule has 3 heteroatoms. The fraction of sp³-hybridized carbons (Fsp3) is 0.471. The molecule has 0 amide bonds. The molecule has 0 aliphatic rings. The second kappa shape index (κ2) is 10.1. The summed E-state index contributed by atoms with van der Waals surface area (Å²) in [4.78, 5) is 4.25. The number of aliphatic imine (C=N–C) groups is 1. The fourth-order valence-corrected chi connectivity index (χ4v) is 1.97. The molecule has 0 fully saturated rings. The lowest BCUT2D eigenvalue weighted by atomic mass is 10.1. The molecule has 1 unspecified atom stereocenters. The molecule has 1 aromatic rings. The van der Waals surface area contributed by atoms with E-state index in [1.807, 2.05) is 14.0 Å². The van der Waals surface area contributed by atoms with Gasteiger partial charge >= 0.3 is 0 Å². The van der Waals surface area contributed by atoms with Gasteiger partial charge in [0.25, 0.3) is 0 Å². The maximum Gasteiger partial charge on any atom is 0.191 e. The number of guanidine groups is 1. The number of nitrogens with one attached hydrogen (secondary N) is 2. The zero-order chi connectivity index (χ0) is 14.6. The van der Waals surface area contributed by atoms with Gasteiger partial charge in [-0.15, -0.1) is 0 Å². The van der Waals surface area contributed by atoms with E-state index >= 15 is 0 Å². The number of hydrogen-bond donors (Lipinski definition) is 2. The van der Waals surface area contributed by atoms with Crippen LogP contribution in [-0.4, -0.2) is 25.6 Å². The van der Waals surface area contributed by atoms with Crippen LogP contribution in [0.15, 0.2) is 47.5 Å². The van der Waals surface area contributed by atoms with Gasteiger partial charge in [-0.2, -0.15) is 0 Å². The molecule has 0 radical (unpaired) electrons. The fourth-order valence-electron chi connectivity index (χ4n) is 1.97. The van der Waals surface area contributed by atoms with Gasteiger partial charge in [-0.25, -0.2) is 0 Å². The molecule has 0 heterocycles. The average molecular weight is 273 g/mol. The Balaban J connectivity index is 2.27. The first kappa shape index (κ1) is 16.3. The van der Waals surface area contributed by atoms with Gasteiger partial charge < -0.3 is 10.6 Å². The summed E-state index contributed by atoms with van der Waals surface area (Å²) >= 11 is 0. The van der Waals surface area contributed by atoms with Crippen molar-refractivity contribution in [3.8, 4) is 0 Å². The van der Waals surface area contributed by atoms with E-state index in [1.165, 1.54) is 5.56 Å². The third kappa shape index (κ3) is 6.98. The van der Waals surface area contributed by atoms with E-state index < -0.39 is 0 Å². The largest absolute Gasteiger partial charge is 0.356 e. The van der Waals surface area contributed by atoms with E-state index in [2.05, 4.69) is 65.0 Å². The summed E-state index contributed by atoms with van der Waals surface area (Å²) in [5.41, 5.74) is 1.39. The zero-order valence-corrected chi connectivity index (χ0v) is 12.9. The van der Waals surface area contributed by atoms with Crippen LogP contribution in [0, 0.1) is 0 Å². The van der Waals surface area contributed by atoms with Crippen LogP contribution in [0.4, 0.5) is 0 Å². The minimum Gasteiger partial charge on any atom is -0.356 e. The molecule has 20 heavy (non-hydrogen) atoms. The van der Waals surface area contributed by atoms with Crippen molar-refractivity contribution in [2.45, 2.75) is 39.2 Å². The minimum atomic E-state index is 0.406. The molecular weight excluding hydrogens is 246 g/mol. The highest BCUT2D eigenvalue weighted by Gasteiger charge is 2.04. The molecule has 0 spiro atoms. The highest BCUT2D eigenvalue weighted by Crippen LogP contribution is 2.04. The van der Waals surface area contributed by atoms with Gasteiger partial charge in [0.15, 0.2) is 5.96 Å². The Bertz CT molecular complexity index is 410. The van der Waals surface area contributed by atoms with E-state index in [0.29, 0.717) is 6.04 Å². The van der Waals surface area contributed by atoms with E-state index in [1.54, 1.807) is 0 Å². The molecule has 1 aromatic carbocycles. The monoisotopic (exact) mass is 273 g/mol. The van der Waals surface area contributed by atoms with Gasteiger partial charge in [0.2, 0.25) is 0 Å². The molecule has 0 aliphatic carbocycles. The highest BCUT2D eigenvalue weighted by atomic mass is 15.2. The standard InChI is InChI=1S/C17H27N3/c1-4-5-9-14-19-17(18-3)20-15(2)12-13-16-10-7-6-8-11-16/h4-8,10-11,15H,9,12-14H2,1-3H3,(H2,18,19,20)/b5-4+. The second-order valence-corrected chi connectivity index (χ2v) is 4.93. The van der Waals surface area contributed by atoms with Crippen LogP contribution in [-0.2, 0) is 6.42 Å². The predicted octanol–water partition coefficient (Wildman–Crippen LogP) is 3.14. The van der Waals surface area contributed by atoms with Crippen LogP contribution in [0.25, 0.3) is 0 Å². The normalized spacial score (nSPS) is 13.4.